The summed E-state index contributed by atoms with van der Waals surface area (Å²) in [5, 5.41) is 3.59. The molecule has 2 nitrogen and oxygen atoms in total. The lowest BCUT2D eigenvalue weighted by molar-refractivity contribution is 0.274. The number of hydrogen-bond donors (Lipinski definition) is 1. The van der Waals surface area contributed by atoms with Gasteiger partial charge in [0.2, 0.25) is 0 Å². The third kappa shape index (κ3) is 1.99. The summed E-state index contributed by atoms with van der Waals surface area (Å²) in [7, 11) is 0. The monoisotopic (exact) mass is 168 g/mol. The van der Waals surface area contributed by atoms with Crippen LogP contribution in [0.5, 0.6) is 0 Å². The van der Waals surface area contributed by atoms with Crippen molar-refractivity contribution in [1.29, 1.82) is 0 Å². The fourth-order valence-corrected chi connectivity index (χ4v) is 1.97. The van der Waals surface area contributed by atoms with Crippen LogP contribution in [0.15, 0.2) is 0 Å². The highest BCUT2D eigenvalue weighted by Gasteiger charge is 2.31. The van der Waals surface area contributed by atoms with E-state index in [1.54, 1.807) is 0 Å². The molecule has 70 valence electrons. The van der Waals surface area contributed by atoms with E-state index in [9.17, 15) is 0 Å². The van der Waals surface area contributed by atoms with E-state index in [0.717, 1.165) is 6.04 Å². The summed E-state index contributed by atoms with van der Waals surface area (Å²) < 4.78 is 0. The van der Waals surface area contributed by atoms with Gasteiger partial charge in [0, 0.05) is 31.2 Å². The minimum atomic E-state index is 0.365. The maximum Gasteiger partial charge on any atom is 0.0137 e. The summed E-state index contributed by atoms with van der Waals surface area (Å²) in [6, 6.07) is 0.945. The van der Waals surface area contributed by atoms with E-state index in [-0.39, 0.29) is 0 Å². The summed E-state index contributed by atoms with van der Waals surface area (Å²) in [6.45, 7) is 8.34. The van der Waals surface area contributed by atoms with E-state index in [1.165, 1.54) is 38.9 Å². The van der Waals surface area contributed by atoms with Crippen LogP contribution in [0.4, 0.5) is 0 Å². The van der Waals surface area contributed by atoms with Crippen LogP contribution in [0.2, 0.25) is 0 Å². The van der Waals surface area contributed by atoms with Crippen molar-refractivity contribution in [2.75, 3.05) is 19.6 Å². The van der Waals surface area contributed by atoms with Gasteiger partial charge in [-0.2, -0.15) is 0 Å². The van der Waals surface area contributed by atoms with Crippen molar-refractivity contribution in [2.45, 2.75) is 44.7 Å². The molecule has 12 heavy (non-hydrogen) atoms. The van der Waals surface area contributed by atoms with Gasteiger partial charge in [0.25, 0.3) is 0 Å². The zero-order chi connectivity index (χ0) is 8.60. The second-order valence-corrected chi connectivity index (χ2v) is 4.83. The van der Waals surface area contributed by atoms with Crippen LogP contribution in [0.1, 0.15) is 33.1 Å². The molecule has 0 unspecified atom stereocenters. The SMILES string of the molecule is CC1(C)CCN(C2CC2)CCN1. The summed E-state index contributed by atoms with van der Waals surface area (Å²) in [5.41, 5.74) is 0.365. The Morgan fingerprint density at radius 1 is 1.25 bits per heavy atom. The van der Waals surface area contributed by atoms with Gasteiger partial charge in [-0.05, 0) is 33.1 Å². The van der Waals surface area contributed by atoms with Crippen LogP contribution in [-0.4, -0.2) is 36.1 Å². The molecular weight excluding hydrogens is 148 g/mol. The highest BCUT2D eigenvalue weighted by Crippen LogP contribution is 2.28. The Balaban J connectivity index is 1.88. The van der Waals surface area contributed by atoms with Gasteiger partial charge in [-0.25, -0.2) is 0 Å². The molecule has 2 heteroatoms. The second kappa shape index (κ2) is 3.00. The van der Waals surface area contributed by atoms with E-state index in [4.69, 9.17) is 0 Å². The van der Waals surface area contributed by atoms with Crippen molar-refractivity contribution in [2.24, 2.45) is 0 Å². The molecule has 0 radical (unpaired) electrons. The molecule has 0 atom stereocenters. The Kier molecular flexibility index (Phi) is 2.13. The van der Waals surface area contributed by atoms with Gasteiger partial charge < -0.3 is 5.32 Å². The number of rotatable bonds is 1. The van der Waals surface area contributed by atoms with E-state index >= 15 is 0 Å². The topological polar surface area (TPSA) is 15.3 Å². The molecule has 1 aliphatic heterocycles. The average Bonchev–Trinajstić information content (AvgIpc) is 2.74. The molecule has 2 fully saturated rings. The van der Waals surface area contributed by atoms with Crippen molar-refractivity contribution in [3.63, 3.8) is 0 Å². The molecular formula is C10H20N2. The summed E-state index contributed by atoms with van der Waals surface area (Å²) in [4.78, 5) is 2.65. The van der Waals surface area contributed by atoms with Crippen molar-refractivity contribution >= 4 is 0 Å². The first-order chi connectivity index (χ1) is 5.67. The standard InChI is InChI=1S/C10H20N2/c1-10(2)5-7-12(8-6-11-10)9-3-4-9/h9,11H,3-8H2,1-2H3. The summed E-state index contributed by atoms with van der Waals surface area (Å²) in [5.74, 6) is 0. The smallest absolute Gasteiger partial charge is 0.0137 e. The number of hydrogen-bond acceptors (Lipinski definition) is 2. The molecule has 2 aliphatic rings. The average molecular weight is 168 g/mol. The van der Waals surface area contributed by atoms with Crippen molar-refractivity contribution in [1.82, 2.24) is 10.2 Å². The van der Waals surface area contributed by atoms with Gasteiger partial charge in [0.15, 0.2) is 0 Å². The molecule has 0 aromatic heterocycles. The Morgan fingerprint density at radius 3 is 2.67 bits per heavy atom. The first-order valence-corrected chi connectivity index (χ1v) is 5.16. The molecule has 1 saturated heterocycles. The Bertz CT molecular complexity index is 161. The second-order valence-electron chi connectivity index (χ2n) is 4.83. The Morgan fingerprint density at radius 2 is 2.00 bits per heavy atom. The lowest BCUT2D eigenvalue weighted by Crippen LogP contribution is -2.39. The van der Waals surface area contributed by atoms with Gasteiger partial charge in [-0.15, -0.1) is 0 Å². The minimum absolute atomic E-state index is 0.365. The van der Waals surface area contributed by atoms with E-state index in [2.05, 4.69) is 24.1 Å². The molecule has 0 spiro atoms. The lowest BCUT2D eigenvalue weighted by Gasteiger charge is -2.23. The largest absolute Gasteiger partial charge is 0.310 e. The predicted molar refractivity (Wildman–Crippen MR) is 51.3 cm³/mol. The summed E-state index contributed by atoms with van der Waals surface area (Å²) in [6.07, 6.45) is 4.18. The molecule has 0 aromatic carbocycles. The van der Waals surface area contributed by atoms with Crippen LogP contribution in [0, 0.1) is 0 Å². The van der Waals surface area contributed by atoms with Crippen LogP contribution >= 0.6 is 0 Å². The molecule has 1 N–H and O–H groups in total. The quantitative estimate of drug-likeness (QED) is 0.633. The van der Waals surface area contributed by atoms with Crippen LogP contribution in [0.3, 0.4) is 0 Å². The molecule has 1 saturated carbocycles. The zero-order valence-electron chi connectivity index (χ0n) is 8.27. The van der Waals surface area contributed by atoms with Crippen molar-refractivity contribution in [3.8, 4) is 0 Å². The third-order valence-corrected chi connectivity index (χ3v) is 3.09. The first kappa shape index (κ1) is 8.52. The highest BCUT2D eigenvalue weighted by molar-refractivity contribution is 4.90. The fourth-order valence-electron chi connectivity index (χ4n) is 1.97. The van der Waals surface area contributed by atoms with E-state index in [1.807, 2.05) is 0 Å². The van der Waals surface area contributed by atoms with Gasteiger partial charge in [-0.3, -0.25) is 4.90 Å². The number of nitrogens with zero attached hydrogens (tertiary/aromatic N) is 1. The van der Waals surface area contributed by atoms with E-state index in [0.29, 0.717) is 5.54 Å². The Hall–Kier alpha value is -0.0800. The van der Waals surface area contributed by atoms with Gasteiger partial charge in [0.1, 0.15) is 0 Å². The van der Waals surface area contributed by atoms with Crippen LogP contribution in [0.25, 0.3) is 0 Å². The Labute approximate surface area is 75.3 Å². The van der Waals surface area contributed by atoms with Crippen LogP contribution in [-0.2, 0) is 0 Å². The molecule has 1 aliphatic carbocycles. The van der Waals surface area contributed by atoms with Crippen molar-refractivity contribution < 1.29 is 0 Å². The van der Waals surface area contributed by atoms with Crippen molar-refractivity contribution in [3.05, 3.63) is 0 Å². The van der Waals surface area contributed by atoms with Gasteiger partial charge in [-0.1, -0.05) is 0 Å². The van der Waals surface area contributed by atoms with E-state index < -0.39 is 0 Å². The third-order valence-electron chi connectivity index (χ3n) is 3.09. The zero-order valence-corrected chi connectivity index (χ0v) is 8.27. The highest BCUT2D eigenvalue weighted by atomic mass is 15.2. The molecule has 0 bridgehead atoms. The molecule has 1 heterocycles. The van der Waals surface area contributed by atoms with Gasteiger partial charge in [0.05, 0.1) is 0 Å². The molecule has 0 amide bonds. The van der Waals surface area contributed by atoms with Gasteiger partial charge >= 0.3 is 0 Å². The lowest BCUT2D eigenvalue weighted by atomic mass is 10.0. The minimum Gasteiger partial charge on any atom is -0.310 e. The maximum absolute atomic E-state index is 3.59. The predicted octanol–water partition coefficient (Wildman–Crippen LogP) is 1.22. The van der Waals surface area contributed by atoms with Crippen LogP contribution < -0.4 is 5.32 Å². The fraction of sp³-hybridized carbons (Fsp3) is 1.00. The number of nitrogens with one attached hydrogen (secondary N) is 1. The first-order valence-electron chi connectivity index (χ1n) is 5.16. The maximum atomic E-state index is 3.59. The molecule has 0 aromatic rings. The molecule has 2 rings (SSSR count). The summed E-state index contributed by atoms with van der Waals surface area (Å²) >= 11 is 0. The normalized spacial score (nSPS) is 31.5.